The molecule has 176 valence electrons. The minimum Gasteiger partial charge on any atom is -0.480 e. The second-order valence-electron chi connectivity index (χ2n) is 7.82. The number of hydrogen-bond donors (Lipinski definition) is 4. The Kier molecular flexibility index (Phi) is 6.70. The predicted molar refractivity (Wildman–Crippen MR) is 122 cm³/mol. The van der Waals surface area contributed by atoms with Crippen molar-refractivity contribution in [1.29, 1.82) is 0 Å². The fourth-order valence-electron chi connectivity index (χ4n) is 3.95. The van der Waals surface area contributed by atoms with Crippen LogP contribution in [0.4, 0.5) is 4.79 Å². The van der Waals surface area contributed by atoms with Crippen molar-refractivity contribution < 1.29 is 38.3 Å². The first-order chi connectivity index (χ1) is 16.2. The Hall–Kier alpha value is -3.65. The molecule has 0 heterocycles. The molecule has 0 saturated carbocycles. The minimum atomic E-state index is -4.69. The highest BCUT2D eigenvalue weighted by Crippen LogP contribution is 2.38. The zero-order chi connectivity index (χ0) is 24.3. The number of phosphoric ester groups is 1. The molecule has 4 rings (SSSR count). The monoisotopic (exact) mass is 483 g/mol. The first kappa shape index (κ1) is 23.5. The van der Waals surface area contributed by atoms with Gasteiger partial charge in [-0.15, -0.1) is 0 Å². The summed E-state index contributed by atoms with van der Waals surface area (Å²) in [6, 6.07) is 18.2. The van der Waals surface area contributed by atoms with Crippen molar-refractivity contribution in [1.82, 2.24) is 5.32 Å². The molecule has 10 heteroatoms. The zero-order valence-electron chi connectivity index (χ0n) is 17.9. The number of carbonyl (C=O) groups is 2. The number of ether oxygens (including phenoxy) is 1. The Labute approximate surface area is 195 Å². The van der Waals surface area contributed by atoms with E-state index in [0.717, 1.165) is 28.7 Å². The molecular weight excluding hydrogens is 461 g/mol. The summed E-state index contributed by atoms with van der Waals surface area (Å²) in [5.74, 6) is -1.31. The Morgan fingerprint density at radius 3 is 2.38 bits per heavy atom. The Bertz CT molecular complexity index is 1270. The summed E-state index contributed by atoms with van der Waals surface area (Å²) in [7, 11) is -4.69. The van der Waals surface area contributed by atoms with Gasteiger partial charge in [-0.1, -0.05) is 54.6 Å². The van der Waals surface area contributed by atoms with Gasteiger partial charge in [0.2, 0.25) is 0 Å². The third kappa shape index (κ3) is 5.63. The maximum atomic E-state index is 12.3. The van der Waals surface area contributed by atoms with Crippen LogP contribution >= 0.6 is 7.82 Å². The van der Waals surface area contributed by atoms with E-state index in [1.54, 1.807) is 0 Å². The SMILES string of the molecule is O=C(N[C@@H](Cc1ccc(OP(=O)(O)O)cc1)C(=O)O)OCc1cccc2c1Cc1ccccc1-2. The fourth-order valence-corrected chi connectivity index (χ4v) is 4.34. The third-order valence-electron chi connectivity index (χ3n) is 5.48. The smallest absolute Gasteiger partial charge is 0.480 e. The standard InChI is InChI=1S/C24H22NO8P/c26-23(27)22(12-15-8-10-18(11-9-15)33-34(29,30)31)25-24(28)32-14-17-5-3-7-20-19-6-2-1-4-16(19)13-21(17)20/h1-11,22H,12-14H2,(H,25,28)(H,26,27)(H2,29,30,31)/t22-/m0/s1. The molecule has 0 radical (unpaired) electrons. The molecule has 0 aromatic heterocycles. The quantitative estimate of drug-likeness (QED) is 0.278. The van der Waals surface area contributed by atoms with Crippen molar-refractivity contribution in [3.63, 3.8) is 0 Å². The fraction of sp³-hybridized carbons (Fsp3) is 0.167. The number of rotatable bonds is 8. The molecule has 34 heavy (non-hydrogen) atoms. The summed E-state index contributed by atoms with van der Waals surface area (Å²) in [6.07, 6.45) is -0.176. The number of alkyl carbamates (subject to hydrolysis) is 1. The molecule has 1 atom stereocenters. The predicted octanol–water partition coefficient (Wildman–Crippen LogP) is 3.65. The van der Waals surface area contributed by atoms with Crippen LogP contribution in [0.15, 0.2) is 66.7 Å². The molecule has 0 saturated heterocycles. The van der Waals surface area contributed by atoms with Crippen LogP contribution in [0, 0.1) is 0 Å². The van der Waals surface area contributed by atoms with Gasteiger partial charge in [0, 0.05) is 6.42 Å². The molecule has 4 N–H and O–H groups in total. The van der Waals surface area contributed by atoms with Crippen LogP contribution < -0.4 is 9.84 Å². The van der Waals surface area contributed by atoms with Crippen LogP contribution in [-0.4, -0.2) is 33.0 Å². The third-order valence-corrected chi connectivity index (χ3v) is 5.93. The lowest BCUT2D eigenvalue weighted by molar-refractivity contribution is -0.139. The second kappa shape index (κ2) is 9.69. The highest BCUT2D eigenvalue weighted by Gasteiger charge is 2.24. The van der Waals surface area contributed by atoms with Gasteiger partial charge in [0.15, 0.2) is 0 Å². The summed E-state index contributed by atoms with van der Waals surface area (Å²) in [6.45, 7) is 0.00372. The Balaban J connectivity index is 1.36. The molecule has 1 aliphatic rings. The van der Waals surface area contributed by atoms with Crippen LogP contribution in [0.3, 0.4) is 0 Å². The van der Waals surface area contributed by atoms with Crippen molar-refractivity contribution in [2.24, 2.45) is 0 Å². The van der Waals surface area contributed by atoms with Crippen molar-refractivity contribution >= 4 is 19.9 Å². The highest BCUT2D eigenvalue weighted by molar-refractivity contribution is 7.46. The summed E-state index contributed by atoms with van der Waals surface area (Å²) in [4.78, 5) is 41.7. The second-order valence-corrected chi connectivity index (χ2v) is 8.98. The molecule has 0 bridgehead atoms. The number of fused-ring (bicyclic) bond motifs is 3. The number of carbonyl (C=O) groups excluding carboxylic acids is 1. The average Bonchev–Trinajstić information content (AvgIpc) is 3.17. The lowest BCUT2D eigenvalue weighted by Gasteiger charge is -2.16. The number of nitrogens with one attached hydrogen (secondary N) is 1. The highest BCUT2D eigenvalue weighted by atomic mass is 31.2. The number of amides is 1. The number of phosphoric acid groups is 1. The zero-order valence-corrected chi connectivity index (χ0v) is 18.8. The maximum Gasteiger partial charge on any atom is 0.524 e. The number of hydrogen-bond acceptors (Lipinski definition) is 5. The first-order valence-electron chi connectivity index (χ1n) is 10.4. The van der Waals surface area contributed by atoms with E-state index in [1.165, 1.54) is 29.8 Å². The molecule has 3 aromatic rings. The number of carboxylic acids is 1. The summed E-state index contributed by atoms with van der Waals surface area (Å²) in [5.41, 5.74) is 5.93. The molecule has 0 fully saturated rings. The number of aliphatic carboxylic acids is 1. The Morgan fingerprint density at radius 1 is 0.971 bits per heavy atom. The lowest BCUT2D eigenvalue weighted by Crippen LogP contribution is -2.42. The molecule has 1 aliphatic carbocycles. The molecule has 0 aliphatic heterocycles. The van der Waals surface area contributed by atoms with Crippen LogP contribution in [0.1, 0.15) is 22.3 Å². The van der Waals surface area contributed by atoms with E-state index >= 15 is 0 Å². The molecule has 0 unspecified atom stereocenters. The van der Waals surface area contributed by atoms with Gasteiger partial charge in [-0.3, -0.25) is 9.79 Å². The van der Waals surface area contributed by atoms with Crippen LogP contribution in [-0.2, 0) is 33.5 Å². The van der Waals surface area contributed by atoms with Crippen molar-refractivity contribution in [3.05, 3.63) is 89.0 Å². The average molecular weight is 483 g/mol. The minimum absolute atomic E-state index is 0.00372. The first-order valence-corrected chi connectivity index (χ1v) is 11.9. The number of carboxylic acid groups (broad SMARTS) is 1. The van der Waals surface area contributed by atoms with Crippen LogP contribution in [0.5, 0.6) is 5.75 Å². The molecule has 9 nitrogen and oxygen atoms in total. The van der Waals surface area contributed by atoms with Crippen LogP contribution in [0.2, 0.25) is 0 Å². The number of benzene rings is 3. The van der Waals surface area contributed by atoms with Gasteiger partial charge in [-0.05, 0) is 51.9 Å². The topological polar surface area (TPSA) is 142 Å². The van der Waals surface area contributed by atoms with E-state index in [-0.39, 0.29) is 18.8 Å². The van der Waals surface area contributed by atoms with Gasteiger partial charge in [-0.2, -0.15) is 0 Å². The summed E-state index contributed by atoms with van der Waals surface area (Å²) >= 11 is 0. The maximum absolute atomic E-state index is 12.3. The van der Waals surface area contributed by atoms with E-state index in [0.29, 0.717) is 5.56 Å². The van der Waals surface area contributed by atoms with Gasteiger partial charge >= 0.3 is 19.9 Å². The molecule has 0 spiro atoms. The van der Waals surface area contributed by atoms with E-state index in [4.69, 9.17) is 14.5 Å². The lowest BCUT2D eigenvalue weighted by atomic mass is 10.0. The summed E-state index contributed by atoms with van der Waals surface area (Å²) in [5, 5.41) is 11.9. The summed E-state index contributed by atoms with van der Waals surface area (Å²) < 4.78 is 20.7. The van der Waals surface area contributed by atoms with Crippen LogP contribution in [0.25, 0.3) is 11.1 Å². The van der Waals surface area contributed by atoms with Gasteiger partial charge in [0.05, 0.1) is 0 Å². The molecule has 1 amide bonds. The van der Waals surface area contributed by atoms with E-state index in [9.17, 15) is 19.3 Å². The largest absolute Gasteiger partial charge is 0.524 e. The normalized spacial score (nSPS) is 12.9. The van der Waals surface area contributed by atoms with E-state index in [2.05, 4.69) is 22.0 Å². The van der Waals surface area contributed by atoms with E-state index < -0.39 is 25.9 Å². The van der Waals surface area contributed by atoms with Crippen molar-refractivity contribution in [3.8, 4) is 16.9 Å². The van der Waals surface area contributed by atoms with Gasteiger partial charge < -0.3 is 19.7 Å². The van der Waals surface area contributed by atoms with E-state index in [1.807, 2.05) is 30.3 Å². The van der Waals surface area contributed by atoms with Gasteiger partial charge in [-0.25, -0.2) is 14.2 Å². The molecule has 3 aromatic carbocycles. The Morgan fingerprint density at radius 2 is 1.68 bits per heavy atom. The van der Waals surface area contributed by atoms with Gasteiger partial charge in [0.25, 0.3) is 0 Å². The van der Waals surface area contributed by atoms with Crippen molar-refractivity contribution in [2.45, 2.75) is 25.5 Å². The van der Waals surface area contributed by atoms with Crippen molar-refractivity contribution in [2.75, 3.05) is 0 Å². The van der Waals surface area contributed by atoms with Gasteiger partial charge in [0.1, 0.15) is 18.4 Å². The molecular formula is C24H22NO8P.